The zero-order valence-corrected chi connectivity index (χ0v) is 28.9. The van der Waals surface area contributed by atoms with Crippen molar-refractivity contribution in [1.82, 2.24) is 20.0 Å². The molecule has 3 unspecified atom stereocenters. The first kappa shape index (κ1) is 39.2. The number of nitrogens with one attached hydrogen (secondary N) is 1. The van der Waals surface area contributed by atoms with Crippen LogP contribution in [-0.4, -0.2) is 62.0 Å². The predicted octanol–water partition coefficient (Wildman–Crippen LogP) is -2.80. The Kier molecular flexibility index (Phi) is 17.8. The molecule has 0 saturated carbocycles. The van der Waals surface area contributed by atoms with Gasteiger partial charge in [-0.1, -0.05) is 103 Å². The van der Waals surface area contributed by atoms with Crippen molar-refractivity contribution in [2.45, 2.75) is 18.1 Å². The Hall–Kier alpha value is -1.83. The largest absolute Gasteiger partial charge is 4.00 e. The average molecular weight is 672 g/mol. The molecule has 1 heterocycles. The third-order valence-corrected chi connectivity index (χ3v) is 8.08. The van der Waals surface area contributed by atoms with Crippen LogP contribution in [0.3, 0.4) is 0 Å². The summed E-state index contributed by atoms with van der Waals surface area (Å²) in [4.78, 5) is 7.52. The van der Waals surface area contributed by atoms with Crippen molar-refractivity contribution in [2.24, 2.45) is 0 Å². The van der Waals surface area contributed by atoms with E-state index in [4.69, 9.17) is 0 Å². The fourth-order valence-corrected chi connectivity index (χ4v) is 5.80. The molecule has 5 rings (SSSR count). The molecule has 1 fully saturated rings. The maximum atomic E-state index is 3.99. The standard InChI is InChI=1S/C35H41N4.3ClH.Ti/c1-37-25-32(28-16-8-4-9-17-28)36-24-33(29-18-10-5-11-19-29)38(2)26-35(31-22-14-7-15-23-31)39(3)27-34(37)30-20-12-6-13-21-30;;;;/h4-23,32-34,36H,24-27H2,1-3H3;3*1H;/q-1;;;;+4/p-3. The number of rotatable bonds is 4. The van der Waals surface area contributed by atoms with E-state index in [-0.39, 0.29) is 77.1 Å². The SMILES string of the molecule is CN1CC(c2ccccc2)N(C)CC(c2ccccc2)NCC(c2ccccc2)N(C)C[C-]1c1ccccc1.[Cl-].[Cl-].[Cl-].[Ti+4]. The first-order chi connectivity index (χ1) is 19.1. The van der Waals surface area contributed by atoms with E-state index in [9.17, 15) is 0 Å². The van der Waals surface area contributed by atoms with Gasteiger partial charge < -0.3 is 52.3 Å². The second kappa shape index (κ2) is 19.5. The van der Waals surface area contributed by atoms with Crippen molar-refractivity contribution in [2.75, 3.05) is 47.3 Å². The molecule has 3 atom stereocenters. The smallest absolute Gasteiger partial charge is 1.00 e. The van der Waals surface area contributed by atoms with Gasteiger partial charge in [0.15, 0.2) is 0 Å². The molecule has 0 aromatic heterocycles. The summed E-state index contributed by atoms with van der Waals surface area (Å²) in [5.74, 6) is 0. The van der Waals surface area contributed by atoms with Gasteiger partial charge in [-0.15, -0.1) is 12.1 Å². The molecule has 4 nitrogen and oxygen atoms in total. The summed E-state index contributed by atoms with van der Waals surface area (Å²) < 4.78 is 0. The van der Waals surface area contributed by atoms with Crippen LogP contribution in [0.1, 0.15) is 40.4 Å². The van der Waals surface area contributed by atoms with Crippen LogP contribution in [0, 0.1) is 6.04 Å². The summed E-state index contributed by atoms with van der Waals surface area (Å²) in [5, 5.41) is 3.99. The van der Waals surface area contributed by atoms with Crippen molar-refractivity contribution in [3.8, 4) is 0 Å². The van der Waals surface area contributed by atoms with Gasteiger partial charge in [0.25, 0.3) is 0 Å². The van der Waals surface area contributed by atoms with E-state index in [1.807, 2.05) is 0 Å². The molecule has 1 N–H and O–H groups in total. The summed E-state index contributed by atoms with van der Waals surface area (Å²) in [7, 11) is 6.80. The number of likely N-dealkylation sites (N-methyl/N-ethyl adjacent to an activating group) is 3. The molecule has 4 aromatic rings. The molecule has 0 aliphatic carbocycles. The molecule has 0 spiro atoms. The monoisotopic (exact) mass is 670 g/mol. The number of hydrogen-bond donors (Lipinski definition) is 1. The maximum absolute atomic E-state index is 3.99. The van der Waals surface area contributed by atoms with Crippen molar-refractivity contribution in [3.63, 3.8) is 0 Å². The van der Waals surface area contributed by atoms with Crippen LogP contribution in [0.15, 0.2) is 121 Å². The normalized spacial score (nSPS) is 20.5. The Bertz CT molecular complexity index is 1270. The second-order valence-electron chi connectivity index (χ2n) is 10.8. The van der Waals surface area contributed by atoms with Gasteiger partial charge in [0, 0.05) is 37.8 Å². The zero-order valence-electron chi connectivity index (χ0n) is 25.1. The van der Waals surface area contributed by atoms with E-state index in [2.05, 4.69) is 162 Å². The summed E-state index contributed by atoms with van der Waals surface area (Å²) in [6.07, 6.45) is 0. The van der Waals surface area contributed by atoms with Crippen molar-refractivity contribution in [3.05, 3.63) is 150 Å². The number of halogens is 3. The summed E-state index contributed by atoms with van der Waals surface area (Å²) in [6.45, 7) is 3.51. The minimum absolute atomic E-state index is 0. The van der Waals surface area contributed by atoms with Gasteiger partial charge in [-0.25, -0.2) is 0 Å². The van der Waals surface area contributed by atoms with Crippen LogP contribution in [-0.2, 0) is 21.7 Å². The molecule has 43 heavy (non-hydrogen) atoms. The van der Waals surface area contributed by atoms with Crippen LogP contribution >= 0.6 is 0 Å². The minimum atomic E-state index is 0. The molecule has 226 valence electrons. The molecule has 8 heteroatoms. The van der Waals surface area contributed by atoms with E-state index in [1.165, 1.54) is 28.3 Å². The maximum Gasteiger partial charge on any atom is 4.00 e. The molecule has 0 amide bonds. The number of benzene rings is 4. The van der Waals surface area contributed by atoms with Gasteiger partial charge in [-0.05, 0) is 44.4 Å². The van der Waals surface area contributed by atoms with E-state index in [0.29, 0.717) is 0 Å². The third kappa shape index (κ3) is 10.4. The zero-order chi connectivity index (χ0) is 27.0. The quantitative estimate of drug-likeness (QED) is 0.187. The summed E-state index contributed by atoms with van der Waals surface area (Å²) in [6, 6.07) is 45.7. The number of nitrogens with zero attached hydrogens (tertiary/aromatic N) is 3. The fourth-order valence-electron chi connectivity index (χ4n) is 5.80. The molecule has 1 aliphatic rings. The Labute approximate surface area is 292 Å². The Balaban J connectivity index is 0.00000231. The van der Waals surface area contributed by atoms with Gasteiger partial charge in [-0.2, -0.15) is 17.7 Å². The molecular weight excluding hydrogens is 631 g/mol. The van der Waals surface area contributed by atoms with Crippen LogP contribution < -0.4 is 42.5 Å². The van der Waals surface area contributed by atoms with E-state index in [1.54, 1.807) is 0 Å². The van der Waals surface area contributed by atoms with Crippen LogP contribution in [0.2, 0.25) is 0 Å². The summed E-state index contributed by atoms with van der Waals surface area (Å²) in [5.41, 5.74) is 5.29. The number of hydrogen-bond acceptors (Lipinski definition) is 4. The Morgan fingerprint density at radius 3 is 1.51 bits per heavy atom. The molecule has 0 bridgehead atoms. The van der Waals surface area contributed by atoms with Crippen LogP contribution in [0.25, 0.3) is 0 Å². The van der Waals surface area contributed by atoms with E-state index >= 15 is 0 Å². The van der Waals surface area contributed by atoms with Crippen molar-refractivity contribution >= 4 is 0 Å². The predicted molar refractivity (Wildman–Crippen MR) is 162 cm³/mol. The minimum Gasteiger partial charge on any atom is -1.00 e. The Morgan fingerprint density at radius 1 is 0.558 bits per heavy atom. The van der Waals surface area contributed by atoms with Gasteiger partial charge in [0.1, 0.15) is 0 Å². The average Bonchev–Trinajstić information content (AvgIpc) is 2.99. The van der Waals surface area contributed by atoms with Gasteiger partial charge in [-0.3, -0.25) is 4.90 Å². The Morgan fingerprint density at radius 2 is 1.00 bits per heavy atom. The van der Waals surface area contributed by atoms with Crippen molar-refractivity contribution in [1.29, 1.82) is 0 Å². The first-order valence-corrected chi connectivity index (χ1v) is 14.0. The second-order valence-corrected chi connectivity index (χ2v) is 10.8. The first-order valence-electron chi connectivity index (χ1n) is 14.0. The van der Waals surface area contributed by atoms with Gasteiger partial charge in [0.2, 0.25) is 0 Å². The molecule has 1 saturated heterocycles. The third-order valence-electron chi connectivity index (χ3n) is 8.08. The molecule has 4 aromatic carbocycles. The van der Waals surface area contributed by atoms with Crippen molar-refractivity contribution < 1.29 is 58.9 Å². The van der Waals surface area contributed by atoms with Crippen LogP contribution in [0.4, 0.5) is 0 Å². The molecule has 1 aliphatic heterocycles. The summed E-state index contributed by atoms with van der Waals surface area (Å²) >= 11 is 0. The van der Waals surface area contributed by atoms with E-state index in [0.717, 1.165) is 26.2 Å². The molecule has 0 radical (unpaired) electrons. The topological polar surface area (TPSA) is 21.8 Å². The van der Waals surface area contributed by atoms with Gasteiger partial charge >= 0.3 is 21.7 Å². The van der Waals surface area contributed by atoms with Crippen LogP contribution in [0.5, 0.6) is 0 Å². The fraction of sp³-hybridized carbons (Fsp3) is 0.286. The van der Waals surface area contributed by atoms with Gasteiger partial charge in [0.05, 0.1) is 0 Å². The molecular formula is C35H41Cl3N4Ti. The van der Waals surface area contributed by atoms with E-state index < -0.39 is 0 Å².